The fraction of sp³-hybridized carbons (Fsp3) is 0.562. The van der Waals surface area contributed by atoms with Crippen molar-refractivity contribution in [1.29, 1.82) is 0 Å². The highest BCUT2D eigenvalue weighted by atomic mass is 16.1. The molecular formula is C16H25N3O. The van der Waals surface area contributed by atoms with Gasteiger partial charge in [0.25, 0.3) is 0 Å². The molecule has 2 unspecified atom stereocenters. The monoisotopic (exact) mass is 275 g/mol. The molecule has 0 aromatic heterocycles. The lowest BCUT2D eigenvalue weighted by molar-refractivity contribution is -0.123. The number of primary amides is 1. The normalized spacial score (nSPS) is 21.1. The molecule has 2 rings (SSSR count). The van der Waals surface area contributed by atoms with Gasteiger partial charge in [-0.2, -0.15) is 0 Å². The number of aryl methyl sites for hydroxylation is 1. The Morgan fingerprint density at radius 1 is 1.50 bits per heavy atom. The quantitative estimate of drug-likeness (QED) is 0.859. The number of carbonyl (C=O) groups excluding carboxylic acids is 1. The molecule has 4 heteroatoms. The minimum atomic E-state index is -0.701. The molecule has 0 fully saturated rings. The number of benzene rings is 1. The first kappa shape index (κ1) is 14.9. The van der Waals surface area contributed by atoms with Crippen LogP contribution < -0.4 is 16.0 Å². The number of amides is 1. The van der Waals surface area contributed by atoms with Crippen LogP contribution in [0.5, 0.6) is 0 Å². The van der Waals surface area contributed by atoms with Crippen molar-refractivity contribution in [2.75, 3.05) is 18.0 Å². The molecular weight excluding hydrogens is 250 g/mol. The molecule has 0 saturated heterocycles. The van der Waals surface area contributed by atoms with Gasteiger partial charge in [-0.1, -0.05) is 25.1 Å². The molecule has 1 aromatic rings. The summed E-state index contributed by atoms with van der Waals surface area (Å²) in [6, 6.07) is 8.85. The Kier molecular flexibility index (Phi) is 4.33. The molecule has 20 heavy (non-hydrogen) atoms. The lowest BCUT2D eigenvalue weighted by Gasteiger charge is -2.42. The Bertz CT molecular complexity index is 488. The van der Waals surface area contributed by atoms with E-state index in [0.29, 0.717) is 12.6 Å². The van der Waals surface area contributed by atoms with Gasteiger partial charge in [0, 0.05) is 18.3 Å². The third-order valence-electron chi connectivity index (χ3n) is 4.26. The largest absolute Gasteiger partial charge is 0.368 e. The molecule has 1 aliphatic heterocycles. The molecule has 2 atom stereocenters. The molecule has 0 aliphatic carbocycles. The van der Waals surface area contributed by atoms with Crippen LogP contribution in [0.3, 0.4) is 0 Å². The maximum absolute atomic E-state index is 11.8. The van der Waals surface area contributed by atoms with Gasteiger partial charge < -0.3 is 16.0 Å². The van der Waals surface area contributed by atoms with E-state index in [1.807, 2.05) is 13.8 Å². The lowest BCUT2D eigenvalue weighted by Crippen LogP contribution is -2.61. The summed E-state index contributed by atoms with van der Waals surface area (Å²) in [5.41, 5.74) is 7.50. The van der Waals surface area contributed by atoms with Crippen LogP contribution in [0.4, 0.5) is 5.69 Å². The number of hydrogen-bond acceptors (Lipinski definition) is 3. The van der Waals surface area contributed by atoms with Crippen molar-refractivity contribution >= 4 is 11.6 Å². The van der Waals surface area contributed by atoms with Gasteiger partial charge >= 0.3 is 0 Å². The van der Waals surface area contributed by atoms with Crippen molar-refractivity contribution in [3.05, 3.63) is 29.8 Å². The summed E-state index contributed by atoms with van der Waals surface area (Å²) >= 11 is 0. The van der Waals surface area contributed by atoms with E-state index in [4.69, 9.17) is 5.73 Å². The number of nitrogens with zero attached hydrogens (tertiary/aromatic N) is 1. The predicted octanol–water partition coefficient (Wildman–Crippen LogP) is 1.68. The van der Waals surface area contributed by atoms with Crippen LogP contribution in [0, 0.1) is 0 Å². The number of likely N-dealkylation sites (N-methyl/N-ethyl adjacent to an activating group) is 1. The van der Waals surface area contributed by atoms with Crippen LogP contribution in [0.1, 0.15) is 32.8 Å². The van der Waals surface area contributed by atoms with Crippen LogP contribution in [-0.4, -0.2) is 30.6 Å². The summed E-state index contributed by atoms with van der Waals surface area (Å²) in [5, 5.41) is 3.24. The Labute approximate surface area is 121 Å². The molecule has 1 amide bonds. The van der Waals surface area contributed by atoms with Crippen molar-refractivity contribution in [2.45, 2.75) is 45.2 Å². The Morgan fingerprint density at radius 3 is 2.85 bits per heavy atom. The van der Waals surface area contributed by atoms with Gasteiger partial charge in [0.05, 0.1) is 0 Å². The minimum Gasteiger partial charge on any atom is -0.368 e. The van der Waals surface area contributed by atoms with Crippen molar-refractivity contribution in [1.82, 2.24) is 5.32 Å². The van der Waals surface area contributed by atoms with E-state index in [-0.39, 0.29) is 5.91 Å². The SMILES string of the molecule is CCNC(C)(CN1c2ccccc2CCC1C)C(N)=O. The van der Waals surface area contributed by atoms with E-state index < -0.39 is 5.54 Å². The van der Waals surface area contributed by atoms with Crippen molar-refractivity contribution in [3.8, 4) is 0 Å². The molecule has 110 valence electrons. The Morgan fingerprint density at radius 2 is 2.20 bits per heavy atom. The number of anilines is 1. The van der Waals surface area contributed by atoms with Gasteiger partial charge in [0.2, 0.25) is 5.91 Å². The van der Waals surface area contributed by atoms with Gasteiger partial charge in [-0.25, -0.2) is 0 Å². The standard InChI is InChI=1S/C16H25N3O/c1-4-18-16(3,15(17)20)11-19-12(2)9-10-13-7-5-6-8-14(13)19/h5-8,12,18H,4,9-11H2,1-3H3,(H2,17,20). The third-order valence-corrected chi connectivity index (χ3v) is 4.26. The first-order chi connectivity index (χ1) is 9.48. The van der Waals surface area contributed by atoms with Crippen LogP contribution >= 0.6 is 0 Å². The van der Waals surface area contributed by atoms with E-state index in [9.17, 15) is 4.79 Å². The molecule has 1 aliphatic rings. The Hall–Kier alpha value is -1.55. The average molecular weight is 275 g/mol. The highest BCUT2D eigenvalue weighted by Gasteiger charge is 2.35. The number of fused-ring (bicyclic) bond motifs is 1. The molecule has 0 bridgehead atoms. The fourth-order valence-electron chi connectivity index (χ4n) is 2.95. The fourth-order valence-corrected chi connectivity index (χ4v) is 2.95. The molecule has 1 aromatic carbocycles. The van der Waals surface area contributed by atoms with E-state index in [0.717, 1.165) is 19.4 Å². The summed E-state index contributed by atoms with van der Waals surface area (Å²) < 4.78 is 0. The third kappa shape index (κ3) is 2.80. The van der Waals surface area contributed by atoms with Gasteiger partial charge in [-0.05, 0) is 44.9 Å². The zero-order valence-electron chi connectivity index (χ0n) is 12.6. The topological polar surface area (TPSA) is 58.4 Å². The number of hydrogen-bond donors (Lipinski definition) is 2. The average Bonchev–Trinajstić information content (AvgIpc) is 2.42. The van der Waals surface area contributed by atoms with Crippen molar-refractivity contribution in [3.63, 3.8) is 0 Å². The molecule has 3 N–H and O–H groups in total. The second-order valence-electron chi connectivity index (χ2n) is 5.87. The summed E-state index contributed by atoms with van der Waals surface area (Å²) in [5.74, 6) is -0.297. The van der Waals surface area contributed by atoms with E-state index in [2.05, 4.69) is 41.4 Å². The minimum absolute atomic E-state index is 0.297. The molecule has 1 heterocycles. The van der Waals surface area contributed by atoms with Gasteiger partial charge in [-0.15, -0.1) is 0 Å². The zero-order chi connectivity index (χ0) is 14.8. The molecule has 0 spiro atoms. The second kappa shape index (κ2) is 5.83. The first-order valence-electron chi connectivity index (χ1n) is 7.37. The maximum Gasteiger partial charge on any atom is 0.239 e. The summed E-state index contributed by atoms with van der Waals surface area (Å²) in [7, 11) is 0. The van der Waals surface area contributed by atoms with Crippen LogP contribution in [0.15, 0.2) is 24.3 Å². The number of nitrogens with two attached hydrogens (primary N) is 1. The molecule has 4 nitrogen and oxygen atoms in total. The number of carbonyl (C=O) groups is 1. The van der Waals surface area contributed by atoms with Gasteiger partial charge in [-0.3, -0.25) is 4.79 Å². The van der Waals surface area contributed by atoms with Crippen molar-refractivity contribution < 1.29 is 4.79 Å². The maximum atomic E-state index is 11.8. The van der Waals surface area contributed by atoms with Crippen LogP contribution in [0.2, 0.25) is 0 Å². The summed E-state index contributed by atoms with van der Waals surface area (Å²) in [4.78, 5) is 14.1. The van der Waals surface area contributed by atoms with Crippen LogP contribution in [-0.2, 0) is 11.2 Å². The van der Waals surface area contributed by atoms with E-state index in [1.54, 1.807) is 0 Å². The van der Waals surface area contributed by atoms with Gasteiger partial charge in [0.1, 0.15) is 5.54 Å². The van der Waals surface area contributed by atoms with E-state index >= 15 is 0 Å². The van der Waals surface area contributed by atoms with E-state index in [1.165, 1.54) is 11.3 Å². The number of para-hydroxylation sites is 1. The van der Waals surface area contributed by atoms with Crippen molar-refractivity contribution in [2.24, 2.45) is 5.73 Å². The number of rotatable bonds is 5. The summed E-state index contributed by atoms with van der Waals surface area (Å²) in [6.45, 7) is 7.43. The smallest absolute Gasteiger partial charge is 0.239 e. The first-order valence-corrected chi connectivity index (χ1v) is 7.37. The highest BCUT2D eigenvalue weighted by Crippen LogP contribution is 2.31. The highest BCUT2D eigenvalue weighted by molar-refractivity contribution is 5.85. The zero-order valence-corrected chi connectivity index (χ0v) is 12.6. The van der Waals surface area contributed by atoms with Gasteiger partial charge in [0.15, 0.2) is 0 Å². The number of nitrogens with one attached hydrogen (secondary N) is 1. The predicted molar refractivity (Wildman–Crippen MR) is 82.8 cm³/mol. The van der Waals surface area contributed by atoms with Crippen LogP contribution in [0.25, 0.3) is 0 Å². The second-order valence-corrected chi connectivity index (χ2v) is 5.87. The Balaban J connectivity index is 2.29. The summed E-state index contributed by atoms with van der Waals surface area (Å²) in [6.07, 6.45) is 2.21. The molecule has 0 radical (unpaired) electrons. The lowest BCUT2D eigenvalue weighted by atomic mass is 9.92. The molecule has 0 saturated carbocycles.